The van der Waals surface area contributed by atoms with Gasteiger partial charge in [0.1, 0.15) is 11.8 Å². The van der Waals surface area contributed by atoms with Crippen molar-refractivity contribution in [3.8, 4) is 5.75 Å². The van der Waals surface area contributed by atoms with Crippen LogP contribution >= 0.6 is 0 Å². The Labute approximate surface area is 223 Å². The number of rotatable bonds is 7. The van der Waals surface area contributed by atoms with Gasteiger partial charge >= 0.3 is 0 Å². The highest BCUT2D eigenvalue weighted by Gasteiger charge is 2.36. The number of fused-ring (bicyclic) bond motifs is 1. The summed E-state index contributed by atoms with van der Waals surface area (Å²) in [4.78, 5) is 21.4. The summed E-state index contributed by atoms with van der Waals surface area (Å²) < 4.78 is 7.51. The minimum absolute atomic E-state index is 0.109. The molecule has 38 heavy (non-hydrogen) atoms. The Morgan fingerprint density at radius 2 is 1.76 bits per heavy atom. The lowest BCUT2D eigenvalue weighted by molar-refractivity contribution is 0.186. The molecule has 9 nitrogen and oxygen atoms in total. The van der Waals surface area contributed by atoms with Gasteiger partial charge in [-0.25, -0.2) is 4.68 Å². The van der Waals surface area contributed by atoms with Crippen molar-refractivity contribution in [2.45, 2.75) is 52.6 Å². The first kappa shape index (κ1) is 25.9. The summed E-state index contributed by atoms with van der Waals surface area (Å²) in [6.07, 6.45) is 0.853. The standard InChI is InChI=1S/C29H37N7O2/c1-7-29(4,5)36-27(31-32-33-36)26(22-18-21-16-19(2)20(3)17-23(21)30-28(22)37)35-14-12-34(13-15-35)24-10-8-9-11-25(24)38-6/h8-11,16-18,26H,7,12-15H2,1-6H3,(H,30,37)/t26-/m0/s1. The average Bonchev–Trinajstić information content (AvgIpc) is 3.41. The highest BCUT2D eigenvalue weighted by molar-refractivity contribution is 5.81. The minimum atomic E-state index is -0.384. The van der Waals surface area contributed by atoms with E-state index in [0.29, 0.717) is 11.4 Å². The molecule has 0 unspecified atom stereocenters. The Balaban J connectivity index is 1.58. The molecular formula is C29H37N7O2. The Morgan fingerprint density at radius 3 is 2.47 bits per heavy atom. The minimum Gasteiger partial charge on any atom is -0.495 e. The summed E-state index contributed by atoms with van der Waals surface area (Å²) in [5.41, 5.74) is 4.52. The number of tetrazole rings is 1. The van der Waals surface area contributed by atoms with Crippen molar-refractivity contribution in [1.29, 1.82) is 0 Å². The third kappa shape index (κ3) is 4.67. The molecule has 5 rings (SSSR count). The van der Waals surface area contributed by atoms with E-state index in [4.69, 9.17) is 4.74 Å². The fourth-order valence-electron chi connectivity index (χ4n) is 5.25. The molecule has 1 atom stereocenters. The highest BCUT2D eigenvalue weighted by Crippen LogP contribution is 2.34. The molecule has 0 bridgehead atoms. The number of hydrogen-bond acceptors (Lipinski definition) is 7. The number of aryl methyl sites for hydroxylation is 2. The Hall–Kier alpha value is -3.72. The second kappa shape index (κ2) is 10.2. The molecule has 1 fully saturated rings. The third-order valence-electron chi connectivity index (χ3n) is 8.06. The number of nitrogens with zero attached hydrogens (tertiary/aromatic N) is 6. The maximum atomic E-state index is 13.6. The van der Waals surface area contributed by atoms with Crippen LogP contribution in [-0.2, 0) is 5.54 Å². The summed E-state index contributed by atoms with van der Waals surface area (Å²) in [7, 11) is 1.70. The number of aromatic amines is 1. The number of hydrogen-bond donors (Lipinski definition) is 1. The average molecular weight is 516 g/mol. The molecule has 9 heteroatoms. The van der Waals surface area contributed by atoms with Crippen LogP contribution in [0.25, 0.3) is 10.9 Å². The van der Waals surface area contributed by atoms with Crippen LogP contribution in [0.1, 0.15) is 55.7 Å². The van der Waals surface area contributed by atoms with Crippen molar-refractivity contribution in [2.24, 2.45) is 0 Å². The molecule has 1 saturated heterocycles. The Bertz CT molecular complexity index is 1500. The number of ether oxygens (including phenoxy) is 1. The lowest BCUT2D eigenvalue weighted by Gasteiger charge is -2.40. The van der Waals surface area contributed by atoms with Crippen LogP contribution in [0, 0.1) is 13.8 Å². The van der Waals surface area contributed by atoms with Gasteiger partial charge in [-0.3, -0.25) is 9.69 Å². The third-order valence-corrected chi connectivity index (χ3v) is 8.06. The van der Waals surface area contributed by atoms with E-state index in [-0.39, 0.29) is 17.1 Å². The normalized spacial score (nSPS) is 15.7. The molecule has 0 radical (unpaired) electrons. The van der Waals surface area contributed by atoms with Gasteiger partial charge < -0.3 is 14.6 Å². The fourth-order valence-corrected chi connectivity index (χ4v) is 5.25. The van der Waals surface area contributed by atoms with E-state index < -0.39 is 0 Å². The topological polar surface area (TPSA) is 92.2 Å². The zero-order chi connectivity index (χ0) is 27.0. The van der Waals surface area contributed by atoms with Crippen molar-refractivity contribution >= 4 is 16.6 Å². The van der Waals surface area contributed by atoms with E-state index in [0.717, 1.165) is 60.5 Å². The molecule has 1 N–H and O–H groups in total. The number of aromatic nitrogens is 5. The van der Waals surface area contributed by atoms with Crippen LogP contribution in [0.3, 0.4) is 0 Å². The first-order valence-electron chi connectivity index (χ1n) is 13.3. The summed E-state index contributed by atoms with van der Waals surface area (Å²) in [5.74, 6) is 1.55. The summed E-state index contributed by atoms with van der Waals surface area (Å²) in [6, 6.07) is 13.9. The van der Waals surface area contributed by atoms with E-state index >= 15 is 0 Å². The number of para-hydroxylation sites is 2. The predicted octanol–water partition coefficient (Wildman–Crippen LogP) is 4.20. The molecule has 2 aromatic heterocycles. The lowest BCUT2D eigenvalue weighted by Crippen LogP contribution is -2.49. The largest absolute Gasteiger partial charge is 0.495 e. The van der Waals surface area contributed by atoms with Gasteiger partial charge in [0.05, 0.1) is 18.3 Å². The van der Waals surface area contributed by atoms with Crippen LogP contribution in [0.5, 0.6) is 5.75 Å². The quantitative estimate of drug-likeness (QED) is 0.394. The zero-order valence-corrected chi connectivity index (χ0v) is 23.2. The van der Waals surface area contributed by atoms with Crippen molar-refractivity contribution in [3.05, 3.63) is 75.3 Å². The molecule has 0 aliphatic carbocycles. The van der Waals surface area contributed by atoms with Crippen molar-refractivity contribution < 1.29 is 4.74 Å². The van der Waals surface area contributed by atoms with E-state index in [1.165, 1.54) is 5.56 Å². The highest BCUT2D eigenvalue weighted by atomic mass is 16.5. The van der Waals surface area contributed by atoms with Crippen molar-refractivity contribution in [1.82, 2.24) is 30.1 Å². The van der Waals surface area contributed by atoms with Crippen LogP contribution in [0.4, 0.5) is 5.69 Å². The van der Waals surface area contributed by atoms with Gasteiger partial charge in [0.2, 0.25) is 0 Å². The van der Waals surface area contributed by atoms with Crippen LogP contribution in [0.15, 0.2) is 47.3 Å². The van der Waals surface area contributed by atoms with Gasteiger partial charge in [-0.05, 0) is 91.4 Å². The Morgan fingerprint density at radius 1 is 1.05 bits per heavy atom. The predicted molar refractivity (Wildman–Crippen MR) is 150 cm³/mol. The fraction of sp³-hybridized carbons (Fsp3) is 0.448. The SMILES string of the molecule is CCC(C)(C)n1nnnc1[C@H](c1cc2cc(C)c(C)cc2[nH]c1=O)N1CCN(c2ccccc2OC)CC1. The number of benzene rings is 2. The van der Waals surface area contributed by atoms with Gasteiger partial charge in [0, 0.05) is 37.3 Å². The molecule has 0 amide bonds. The van der Waals surface area contributed by atoms with Crippen LogP contribution in [0.2, 0.25) is 0 Å². The van der Waals surface area contributed by atoms with Crippen LogP contribution < -0.4 is 15.2 Å². The van der Waals surface area contributed by atoms with Crippen molar-refractivity contribution in [2.75, 3.05) is 38.2 Å². The number of H-pyrrole nitrogens is 1. The second-order valence-electron chi connectivity index (χ2n) is 10.8. The molecular weight excluding hydrogens is 478 g/mol. The van der Waals surface area contributed by atoms with E-state index in [2.05, 4.69) is 77.1 Å². The molecule has 1 aliphatic rings. The van der Waals surface area contributed by atoms with E-state index in [9.17, 15) is 4.79 Å². The summed E-state index contributed by atoms with van der Waals surface area (Å²) in [6.45, 7) is 13.6. The molecule has 3 heterocycles. The molecule has 0 saturated carbocycles. The maximum absolute atomic E-state index is 13.6. The smallest absolute Gasteiger partial charge is 0.253 e. The first-order valence-corrected chi connectivity index (χ1v) is 13.3. The monoisotopic (exact) mass is 515 g/mol. The number of methoxy groups -OCH3 is 1. The van der Waals surface area contributed by atoms with Gasteiger partial charge in [-0.15, -0.1) is 5.10 Å². The first-order chi connectivity index (χ1) is 18.2. The molecule has 200 valence electrons. The van der Waals surface area contributed by atoms with Crippen molar-refractivity contribution in [3.63, 3.8) is 0 Å². The zero-order valence-electron chi connectivity index (χ0n) is 23.2. The number of nitrogens with one attached hydrogen (secondary N) is 1. The number of anilines is 1. The van der Waals surface area contributed by atoms with Gasteiger partial charge in [0.25, 0.3) is 5.56 Å². The number of pyridine rings is 1. The summed E-state index contributed by atoms with van der Waals surface area (Å²) >= 11 is 0. The van der Waals surface area contributed by atoms with E-state index in [1.54, 1.807) is 7.11 Å². The van der Waals surface area contributed by atoms with Gasteiger partial charge in [0.15, 0.2) is 5.82 Å². The number of piperazine rings is 1. The molecule has 0 spiro atoms. The molecule has 1 aliphatic heterocycles. The van der Waals surface area contributed by atoms with E-state index in [1.807, 2.05) is 35.0 Å². The summed E-state index contributed by atoms with van der Waals surface area (Å²) in [5, 5.41) is 14.0. The second-order valence-corrected chi connectivity index (χ2v) is 10.8. The molecule has 4 aromatic rings. The maximum Gasteiger partial charge on any atom is 0.253 e. The molecule has 2 aromatic carbocycles. The van der Waals surface area contributed by atoms with Crippen LogP contribution in [-0.4, -0.2) is 63.4 Å². The van der Waals surface area contributed by atoms with Gasteiger partial charge in [-0.1, -0.05) is 19.1 Å². The Kier molecular flexibility index (Phi) is 6.96. The van der Waals surface area contributed by atoms with Gasteiger partial charge in [-0.2, -0.15) is 0 Å². The lowest BCUT2D eigenvalue weighted by atomic mass is 9.98.